The highest BCUT2D eigenvalue weighted by molar-refractivity contribution is 7.90. The van der Waals surface area contributed by atoms with Crippen molar-refractivity contribution in [3.63, 3.8) is 0 Å². The molecule has 0 N–H and O–H groups in total. The second kappa shape index (κ2) is 5.54. The minimum Gasteiger partial charge on any atom is -0.339 e. The van der Waals surface area contributed by atoms with Gasteiger partial charge >= 0.3 is 0 Å². The average Bonchev–Trinajstić information content (AvgIpc) is 2.86. The Morgan fingerprint density at radius 2 is 1.95 bits per heavy atom. The summed E-state index contributed by atoms with van der Waals surface area (Å²) >= 11 is 0. The van der Waals surface area contributed by atoms with E-state index in [2.05, 4.69) is 10.1 Å². The summed E-state index contributed by atoms with van der Waals surface area (Å²) in [5, 5.41) is 2.76. The van der Waals surface area contributed by atoms with Crippen LogP contribution in [-0.4, -0.2) is 30.6 Å². The third kappa shape index (κ3) is 3.30. The monoisotopic (exact) mass is 294 g/mol. The van der Waals surface area contributed by atoms with Gasteiger partial charge in [-0.05, 0) is 6.92 Å². The van der Waals surface area contributed by atoms with Crippen molar-refractivity contribution in [1.82, 2.24) is 10.1 Å². The molecule has 0 saturated heterocycles. The highest BCUT2D eigenvalue weighted by atomic mass is 32.2. The molecule has 0 spiro atoms. The molecular weight excluding hydrogens is 280 g/mol. The first kappa shape index (κ1) is 14.4. The van der Waals surface area contributed by atoms with E-state index in [1.54, 1.807) is 24.3 Å². The van der Waals surface area contributed by atoms with Crippen molar-refractivity contribution in [2.24, 2.45) is 0 Å². The Morgan fingerprint density at radius 3 is 2.55 bits per heavy atom. The summed E-state index contributed by atoms with van der Waals surface area (Å²) in [7, 11) is -3.29. The topological polar surface area (TPSA) is 90.1 Å². The Hall–Kier alpha value is -2.02. The molecule has 1 aromatic heterocycles. The molecule has 1 atom stereocenters. The molecule has 0 aliphatic carbocycles. The van der Waals surface area contributed by atoms with Crippen molar-refractivity contribution in [2.45, 2.75) is 18.6 Å². The van der Waals surface area contributed by atoms with Gasteiger partial charge in [0.1, 0.15) is 5.25 Å². The molecule has 6 nitrogen and oxygen atoms in total. The molecule has 106 valence electrons. The zero-order valence-corrected chi connectivity index (χ0v) is 11.9. The normalized spacial score (nSPS) is 13.1. The molecule has 2 aromatic rings. The lowest BCUT2D eigenvalue weighted by atomic mass is 10.1. The van der Waals surface area contributed by atoms with E-state index in [0.29, 0.717) is 5.56 Å². The first-order valence-corrected chi connectivity index (χ1v) is 7.93. The van der Waals surface area contributed by atoms with Gasteiger partial charge in [-0.1, -0.05) is 35.5 Å². The fourth-order valence-electron chi connectivity index (χ4n) is 1.56. The second-order valence-electron chi connectivity index (χ2n) is 4.48. The highest BCUT2D eigenvalue weighted by Gasteiger charge is 2.23. The lowest BCUT2D eigenvalue weighted by molar-refractivity contribution is 0.0983. The first-order valence-electron chi connectivity index (χ1n) is 5.97. The van der Waals surface area contributed by atoms with Gasteiger partial charge in [0.15, 0.2) is 21.4 Å². The maximum atomic E-state index is 11.9. The van der Waals surface area contributed by atoms with E-state index >= 15 is 0 Å². The van der Waals surface area contributed by atoms with Crippen molar-refractivity contribution in [3.05, 3.63) is 47.6 Å². The van der Waals surface area contributed by atoms with E-state index in [1.165, 1.54) is 6.92 Å². The number of carbonyl (C=O) groups is 1. The summed E-state index contributed by atoms with van der Waals surface area (Å²) in [4.78, 5) is 15.9. The number of hydrogen-bond donors (Lipinski definition) is 0. The molecule has 1 heterocycles. The number of ketones is 1. The molecule has 7 heteroatoms. The third-order valence-electron chi connectivity index (χ3n) is 2.90. The Morgan fingerprint density at radius 1 is 1.30 bits per heavy atom. The van der Waals surface area contributed by atoms with Crippen LogP contribution in [0.15, 0.2) is 34.9 Å². The summed E-state index contributed by atoms with van der Waals surface area (Å²) in [5.74, 6) is 0.0283. The van der Waals surface area contributed by atoms with E-state index in [0.717, 1.165) is 6.26 Å². The third-order valence-corrected chi connectivity index (χ3v) is 4.39. The van der Waals surface area contributed by atoms with Crippen molar-refractivity contribution in [1.29, 1.82) is 0 Å². The second-order valence-corrected chi connectivity index (χ2v) is 6.85. The molecule has 0 bridgehead atoms. The quantitative estimate of drug-likeness (QED) is 0.778. The maximum absolute atomic E-state index is 11.9. The van der Waals surface area contributed by atoms with Crippen LogP contribution in [0.3, 0.4) is 0 Å². The largest absolute Gasteiger partial charge is 0.339 e. The van der Waals surface area contributed by atoms with Crippen LogP contribution in [0, 0.1) is 0 Å². The molecule has 0 amide bonds. The molecule has 0 aliphatic rings. The maximum Gasteiger partial charge on any atom is 0.234 e. The fraction of sp³-hybridized carbons (Fsp3) is 0.308. The van der Waals surface area contributed by atoms with Crippen LogP contribution in [0.2, 0.25) is 0 Å². The van der Waals surface area contributed by atoms with Crippen LogP contribution in [0.1, 0.15) is 34.2 Å². The lowest BCUT2D eigenvalue weighted by Crippen LogP contribution is -2.09. The minimum absolute atomic E-state index is 0.0481. The van der Waals surface area contributed by atoms with Gasteiger partial charge in [-0.15, -0.1) is 0 Å². The molecule has 20 heavy (non-hydrogen) atoms. The summed E-state index contributed by atoms with van der Waals surface area (Å²) in [6, 6.07) is 8.73. The van der Waals surface area contributed by atoms with Crippen molar-refractivity contribution >= 4 is 15.6 Å². The first-order chi connectivity index (χ1) is 9.38. The standard InChI is InChI=1S/C13H14N2O4S/c1-9(20(2,17)18)13-14-12(19-15-13)8-11(16)10-6-4-3-5-7-10/h3-7,9H,8H2,1-2H3. The van der Waals surface area contributed by atoms with E-state index in [4.69, 9.17) is 4.52 Å². The Bertz CT molecular complexity index is 707. The van der Waals surface area contributed by atoms with Crippen LogP contribution >= 0.6 is 0 Å². The van der Waals surface area contributed by atoms with Gasteiger partial charge < -0.3 is 4.52 Å². The van der Waals surface area contributed by atoms with Crippen LogP contribution in [0.5, 0.6) is 0 Å². The number of hydrogen-bond acceptors (Lipinski definition) is 6. The zero-order chi connectivity index (χ0) is 14.8. The Kier molecular flexibility index (Phi) is 3.99. The minimum atomic E-state index is -3.29. The SMILES string of the molecule is CC(c1noc(CC(=O)c2ccccc2)n1)S(C)(=O)=O. The highest BCUT2D eigenvalue weighted by Crippen LogP contribution is 2.18. The van der Waals surface area contributed by atoms with Crippen molar-refractivity contribution < 1.29 is 17.7 Å². The molecule has 1 unspecified atom stereocenters. The van der Waals surface area contributed by atoms with Gasteiger partial charge in [-0.25, -0.2) is 8.42 Å². The molecular formula is C13H14N2O4S. The molecule has 0 fully saturated rings. The summed E-state index contributed by atoms with van der Waals surface area (Å²) < 4.78 is 27.7. The van der Waals surface area contributed by atoms with Crippen molar-refractivity contribution in [2.75, 3.05) is 6.26 Å². The number of Topliss-reactive ketones (excluding diaryl/α,β-unsaturated/α-hetero) is 1. The number of sulfone groups is 1. The van der Waals surface area contributed by atoms with Gasteiger partial charge in [0.25, 0.3) is 0 Å². The van der Waals surface area contributed by atoms with Gasteiger partial charge in [-0.3, -0.25) is 4.79 Å². The van der Waals surface area contributed by atoms with E-state index < -0.39 is 15.1 Å². The zero-order valence-electron chi connectivity index (χ0n) is 11.1. The Balaban J connectivity index is 2.13. The van der Waals surface area contributed by atoms with Gasteiger partial charge in [-0.2, -0.15) is 4.98 Å². The fourth-order valence-corrected chi connectivity index (χ4v) is 2.04. The van der Waals surface area contributed by atoms with Gasteiger partial charge in [0.05, 0.1) is 6.42 Å². The average molecular weight is 294 g/mol. The molecule has 0 radical (unpaired) electrons. The van der Waals surface area contributed by atoms with Crippen LogP contribution < -0.4 is 0 Å². The molecule has 0 saturated carbocycles. The van der Waals surface area contributed by atoms with Gasteiger partial charge in [0, 0.05) is 11.8 Å². The summed E-state index contributed by atoms with van der Waals surface area (Å²) in [6.45, 7) is 1.48. The molecule has 1 aromatic carbocycles. The number of carbonyl (C=O) groups excluding carboxylic acids is 1. The van der Waals surface area contributed by atoms with Crippen LogP contribution in [0.25, 0.3) is 0 Å². The van der Waals surface area contributed by atoms with Crippen LogP contribution in [0.4, 0.5) is 0 Å². The number of nitrogens with zero attached hydrogens (tertiary/aromatic N) is 2. The van der Waals surface area contributed by atoms with E-state index in [9.17, 15) is 13.2 Å². The summed E-state index contributed by atoms with van der Waals surface area (Å²) in [6.07, 6.45) is 1.05. The Labute approximate surface area is 116 Å². The predicted molar refractivity (Wildman–Crippen MR) is 72.0 cm³/mol. The number of aromatic nitrogens is 2. The van der Waals surface area contributed by atoms with Crippen LogP contribution in [-0.2, 0) is 16.3 Å². The molecule has 2 rings (SSSR count). The van der Waals surface area contributed by atoms with Gasteiger partial charge in [0.2, 0.25) is 5.89 Å². The van der Waals surface area contributed by atoms with E-state index in [1.807, 2.05) is 6.07 Å². The van der Waals surface area contributed by atoms with Crippen molar-refractivity contribution in [3.8, 4) is 0 Å². The lowest BCUT2D eigenvalue weighted by Gasteiger charge is -2.01. The predicted octanol–water partition coefficient (Wildman–Crippen LogP) is 1.60. The number of benzene rings is 1. The summed E-state index contributed by atoms with van der Waals surface area (Å²) in [5.41, 5.74) is 0.545. The van der Waals surface area contributed by atoms with E-state index in [-0.39, 0.29) is 23.9 Å². The smallest absolute Gasteiger partial charge is 0.234 e. The molecule has 0 aliphatic heterocycles. The number of rotatable bonds is 5.